The van der Waals surface area contributed by atoms with Crippen molar-refractivity contribution < 1.29 is 16.8 Å². The molecule has 0 aromatic heterocycles. The Morgan fingerprint density at radius 1 is 0.844 bits per heavy atom. The molecule has 0 spiro atoms. The summed E-state index contributed by atoms with van der Waals surface area (Å²) in [6.45, 7) is 3.84. The summed E-state index contributed by atoms with van der Waals surface area (Å²) in [6.07, 6.45) is 7.86. The average molecular weight is 473 g/mol. The fourth-order valence-electron chi connectivity index (χ4n) is 2.91. The molecule has 0 N–H and O–H groups in total. The molecule has 12 heteroatoms. The molecule has 0 heterocycles. The second-order valence-electron chi connectivity index (χ2n) is 6.60. The molecule has 1 unspecified atom stereocenters. The number of sulfonamides is 2. The van der Waals surface area contributed by atoms with Crippen molar-refractivity contribution in [2.75, 3.05) is 0 Å². The lowest BCUT2D eigenvalue weighted by Crippen LogP contribution is -1.98. The molecule has 0 bridgehead atoms. The Hall–Kier alpha value is -3.56. The maximum Gasteiger partial charge on any atom is 0.264 e. The van der Waals surface area contributed by atoms with Crippen LogP contribution in [0, 0.1) is 0 Å². The van der Waals surface area contributed by atoms with E-state index >= 15 is 0 Å². The zero-order valence-electron chi connectivity index (χ0n) is 16.9. The minimum Gasteiger partial charge on any atom is -0.216 e. The topological polar surface area (TPSA) is 166 Å². The number of benzene rings is 2. The Bertz CT molecular complexity index is 1290. The fourth-order valence-corrected chi connectivity index (χ4v) is 4.25. The predicted octanol–water partition coefficient (Wildman–Crippen LogP) is 5.53. The first-order valence-electron chi connectivity index (χ1n) is 9.32. The van der Waals surface area contributed by atoms with Crippen LogP contribution in [-0.4, -0.2) is 16.8 Å². The lowest BCUT2D eigenvalue weighted by atomic mass is 9.94. The highest BCUT2D eigenvalue weighted by molar-refractivity contribution is 7.90. The highest BCUT2D eigenvalue weighted by Gasteiger charge is 2.13. The van der Waals surface area contributed by atoms with Crippen molar-refractivity contribution in [3.63, 3.8) is 0 Å². The molecule has 0 saturated carbocycles. The standard InChI is InChI=1S/C20H20N6O4S2/c1-2-17(18-10-14-20(15-11-18)32(29,30)26-24-22)7-5-3-4-6-16-8-12-19(13-9-16)31(27,28)25-23-21/h2-4,8-15,17H,1,5-7H2/b4-3+. The van der Waals surface area contributed by atoms with Crippen LogP contribution in [0.25, 0.3) is 20.9 Å². The molecule has 32 heavy (non-hydrogen) atoms. The third-order valence-corrected chi connectivity index (χ3v) is 6.88. The number of hydrogen-bond donors (Lipinski definition) is 0. The molecular weight excluding hydrogens is 452 g/mol. The third-order valence-electron chi connectivity index (χ3n) is 4.56. The first-order valence-corrected chi connectivity index (χ1v) is 12.2. The first kappa shape index (κ1) is 24.7. The zero-order chi connectivity index (χ0) is 23.6. The number of nitrogens with zero attached hydrogens (tertiary/aromatic N) is 6. The summed E-state index contributed by atoms with van der Waals surface area (Å²) >= 11 is 0. The van der Waals surface area contributed by atoms with E-state index in [9.17, 15) is 16.8 Å². The molecule has 2 aromatic rings. The summed E-state index contributed by atoms with van der Waals surface area (Å²) in [5.41, 5.74) is 18.4. The van der Waals surface area contributed by atoms with Gasteiger partial charge < -0.3 is 0 Å². The van der Waals surface area contributed by atoms with Gasteiger partial charge in [0.25, 0.3) is 20.0 Å². The molecule has 0 aliphatic rings. The van der Waals surface area contributed by atoms with Gasteiger partial charge in [0.05, 0.1) is 9.79 Å². The van der Waals surface area contributed by atoms with Gasteiger partial charge in [-0.3, -0.25) is 0 Å². The van der Waals surface area contributed by atoms with Crippen molar-refractivity contribution in [1.82, 2.24) is 0 Å². The summed E-state index contributed by atoms with van der Waals surface area (Å²) in [5.74, 6) is 0.0149. The van der Waals surface area contributed by atoms with E-state index in [1.165, 1.54) is 24.3 Å². The molecule has 0 aliphatic carbocycles. The second-order valence-corrected chi connectivity index (χ2v) is 9.77. The molecular formula is C20H20N6O4S2. The van der Waals surface area contributed by atoms with E-state index in [0.717, 1.165) is 24.0 Å². The van der Waals surface area contributed by atoms with Gasteiger partial charge in [-0.15, -0.1) is 6.58 Å². The van der Waals surface area contributed by atoms with Crippen LogP contribution in [-0.2, 0) is 26.5 Å². The fraction of sp³-hybridized carbons (Fsp3) is 0.200. The molecule has 0 saturated heterocycles. The molecule has 0 amide bonds. The number of allylic oxidation sites excluding steroid dienone is 3. The molecule has 0 radical (unpaired) electrons. The van der Waals surface area contributed by atoms with Crippen molar-refractivity contribution in [1.29, 1.82) is 0 Å². The van der Waals surface area contributed by atoms with E-state index in [0.29, 0.717) is 6.42 Å². The SMILES string of the molecule is C=CC(CC/C=C/Cc1ccc(S(=O)(=O)N=[N+]=[N-])cc1)c1ccc(S(=O)(=O)N=[N+]=[N-])cc1. The largest absolute Gasteiger partial charge is 0.264 e. The van der Waals surface area contributed by atoms with E-state index in [4.69, 9.17) is 11.1 Å². The van der Waals surface area contributed by atoms with Crippen molar-refractivity contribution in [3.8, 4) is 0 Å². The molecule has 0 aliphatic heterocycles. The summed E-state index contributed by atoms with van der Waals surface area (Å²) in [5, 5.41) is 0. The Morgan fingerprint density at radius 3 is 1.81 bits per heavy atom. The van der Waals surface area contributed by atoms with E-state index in [1.807, 2.05) is 12.2 Å². The highest BCUT2D eigenvalue weighted by atomic mass is 32.2. The van der Waals surface area contributed by atoms with Crippen LogP contribution in [0.3, 0.4) is 0 Å². The van der Waals surface area contributed by atoms with E-state index in [2.05, 4.69) is 25.4 Å². The summed E-state index contributed by atoms with van der Waals surface area (Å²) in [4.78, 5) is 4.52. The quantitative estimate of drug-likeness (QED) is 0.181. The van der Waals surface area contributed by atoms with E-state index in [1.54, 1.807) is 30.3 Å². The van der Waals surface area contributed by atoms with Crippen LogP contribution in [0.4, 0.5) is 0 Å². The maximum atomic E-state index is 11.7. The normalized spacial score (nSPS) is 12.5. The van der Waals surface area contributed by atoms with Crippen LogP contribution in [0.5, 0.6) is 0 Å². The lowest BCUT2D eigenvalue weighted by Gasteiger charge is -2.12. The van der Waals surface area contributed by atoms with Gasteiger partial charge in [0.15, 0.2) is 0 Å². The van der Waals surface area contributed by atoms with Crippen LogP contribution in [0.2, 0.25) is 0 Å². The van der Waals surface area contributed by atoms with Gasteiger partial charge in [-0.05, 0) is 65.7 Å². The van der Waals surface area contributed by atoms with Crippen molar-refractivity contribution in [2.24, 2.45) is 9.04 Å². The maximum absolute atomic E-state index is 11.7. The van der Waals surface area contributed by atoms with Gasteiger partial charge in [-0.25, -0.2) is 16.8 Å². The van der Waals surface area contributed by atoms with Crippen LogP contribution in [0.1, 0.15) is 29.9 Å². The third kappa shape index (κ3) is 6.73. The Morgan fingerprint density at radius 2 is 1.34 bits per heavy atom. The lowest BCUT2D eigenvalue weighted by molar-refractivity contribution is 0.595. The highest BCUT2D eigenvalue weighted by Crippen LogP contribution is 2.25. The van der Waals surface area contributed by atoms with Crippen LogP contribution >= 0.6 is 0 Å². The molecule has 0 fully saturated rings. The minimum absolute atomic E-state index is 0.0149. The van der Waals surface area contributed by atoms with Gasteiger partial charge >= 0.3 is 0 Å². The Balaban J connectivity index is 1.93. The van der Waals surface area contributed by atoms with Crippen molar-refractivity contribution >= 4 is 20.0 Å². The minimum atomic E-state index is -4.01. The predicted molar refractivity (Wildman–Crippen MR) is 121 cm³/mol. The Kier molecular flexibility index (Phi) is 8.62. The van der Waals surface area contributed by atoms with Gasteiger partial charge in [-0.2, -0.15) is 0 Å². The van der Waals surface area contributed by atoms with Gasteiger partial charge in [0, 0.05) is 24.8 Å². The van der Waals surface area contributed by atoms with Crippen molar-refractivity contribution in [2.45, 2.75) is 35.0 Å². The van der Waals surface area contributed by atoms with Crippen LogP contribution < -0.4 is 0 Å². The molecule has 166 valence electrons. The summed E-state index contributed by atoms with van der Waals surface area (Å²) in [7, 11) is -7.99. The van der Waals surface area contributed by atoms with Crippen molar-refractivity contribution in [3.05, 3.63) is 105 Å². The Labute approximate surface area is 186 Å². The smallest absolute Gasteiger partial charge is 0.216 e. The second kappa shape index (κ2) is 11.2. The van der Waals surface area contributed by atoms with Gasteiger partial charge in [-0.1, -0.05) is 42.5 Å². The molecule has 2 aromatic carbocycles. The van der Waals surface area contributed by atoms with E-state index < -0.39 is 20.0 Å². The number of hydrogen-bond acceptors (Lipinski definition) is 4. The monoisotopic (exact) mass is 472 g/mol. The van der Waals surface area contributed by atoms with Gasteiger partial charge in [0.2, 0.25) is 0 Å². The summed E-state index contributed by atoms with van der Waals surface area (Å²) < 4.78 is 52.4. The zero-order valence-corrected chi connectivity index (χ0v) is 18.5. The molecule has 10 nitrogen and oxygen atoms in total. The van der Waals surface area contributed by atoms with E-state index in [-0.39, 0.29) is 15.7 Å². The summed E-state index contributed by atoms with van der Waals surface area (Å²) in [6, 6.07) is 12.2. The number of azide groups is 2. The number of rotatable bonds is 11. The molecule has 1 atom stereocenters. The van der Waals surface area contributed by atoms with Crippen LogP contribution in [0.15, 0.2) is 92.2 Å². The first-order chi connectivity index (χ1) is 15.2. The average Bonchev–Trinajstić information content (AvgIpc) is 2.77. The van der Waals surface area contributed by atoms with Gasteiger partial charge in [0.1, 0.15) is 0 Å². The molecule has 2 rings (SSSR count).